The van der Waals surface area contributed by atoms with Crippen LogP contribution in [0.3, 0.4) is 0 Å². The van der Waals surface area contributed by atoms with Crippen LogP contribution in [0.2, 0.25) is 0 Å². The summed E-state index contributed by atoms with van der Waals surface area (Å²) < 4.78 is 22.2. The number of fused-ring (bicyclic) bond motifs is 6. The van der Waals surface area contributed by atoms with Gasteiger partial charge in [-0.3, -0.25) is 4.84 Å². The van der Waals surface area contributed by atoms with Gasteiger partial charge in [0.2, 0.25) is 11.2 Å². The fraction of sp³-hybridized carbons (Fsp3) is 0.0370. The molecule has 34 heavy (non-hydrogen) atoms. The Kier molecular flexibility index (Phi) is 3.92. The summed E-state index contributed by atoms with van der Waals surface area (Å²) in [6.45, 7) is 0. The maximum Gasteiger partial charge on any atom is 0.423 e. The van der Waals surface area contributed by atoms with E-state index in [0.29, 0.717) is 28.9 Å². The van der Waals surface area contributed by atoms with Gasteiger partial charge in [0, 0.05) is 12.1 Å². The zero-order chi connectivity index (χ0) is 22.6. The molecule has 4 aromatic carbocycles. The number of nitrogens with zero attached hydrogens (tertiary/aromatic N) is 3. The molecular weight excluding hydrogens is 430 g/mol. The van der Waals surface area contributed by atoms with E-state index in [2.05, 4.69) is 0 Å². The second kappa shape index (κ2) is 7.11. The zero-order valence-corrected chi connectivity index (χ0v) is 18.2. The van der Waals surface area contributed by atoms with Gasteiger partial charge in [0.05, 0.1) is 16.5 Å². The van der Waals surface area contributed by atoms with Gasteiger partial charge in [-0.2, -0.15) is 0 Å². The molecule has 0 fully saturated rings. The topological polar surface area (TPSA) is 55.7 Å². The van der Waals surface area contributed by atoms with E-state index in [4.69, 9.17) is 18.4 Å². The lowest BCUT2D eigenvalue weighted by Crippen LogP contribution is -2.76. The van der Waals surface area contributed by atoms with Crippen LogP contribution in [-0.2, 0) is 0 Å². The average molecular weight is 449 g/mol. The molecule has 0 bridgehead atoms. The van der Waals surface area contributed by atoms with Crippen LogP contribution in [-0.4, -0.2) is 7.11 Å². The summed E-state index contributed by atoms with van der Waals surface area (Å²) in [5.41, 5.74) is 4.79. The largest absolute Gasteiger partial charge is 0.496 e. The van der Waals surface area contributed by atoms with E-state index in [9.17, 15) is 0 Å². The Hall–Kier alpha value is -4.78. The number of aromatic nitrogens is 2. The molecule has 6 aromatic rings. The van der Waals surface area contributed by atoms with Crippen molar-refractivity contribution in [2.24, 2.45) is 0 Å². The second-order valence-corrected chi connectivity index (χ2v) is 7.91. The minimum Gasteiger partial charge on any atom is -0.496 e. The van der Waals surface area contributed by atoms with Gasteiger partial charge in [-0.05, 0) is 36.4 Å². The fourth-order valence-electron chi connectivity index (χ4n) is 4.43. The number of oxazole rings is 2. The molecule has 0 aliphatic carbocycles. The highest BCUT2D eigenvalue weighted by atomic mass is 16.8. The Bertz CT molecular complexity index is 1700. The van der Waals surface area contributed by atoms with Crippen LogP contribution in [0, 0.1) is 0 Å². The van der Waals surface area contributed by atoms with Crippen molar-refractivity contribution in [3.63, 3.8) is 0 Å². The maximum atomic E-state index is 6.51. The number of ether oxygens (including phenoxy) is 1. The number of hydrogen-bond donors (Lipinski definition) is 0. The van der Waals surface area contributed by atoms with E-state index in [1.54, 1.807) is 12.4 Å². The molecule has 7 rings (SSSR count). The second-order valence-electron chi connectivity index (χ2n) is 7.91. The van der Waals surface area contributed by atoms with Crippen LogP contribution in [0.4, 0.5) is 0 Å². The van der Waals surface area contributed by atoms with E-state index in [1.807, 2.05) is 106 Å². The van der Waals surface area contributed by atoms with E-state index in [-0.39, 0.29) is 0 Å². The Morgan fingerprint density at radius 3 is 1.82 bits per heavy atom. The number of benzene rings is 4. The highest BCUT2D eigenvalue weighted by Crippen LogP contribution is 2.35. The summed E-state index contributed by atoms with van der Waals surface area (Å²) in [7, 11) is 1.65. The molecule has 0 saturated heterocycles. The molecule has 7 heteroatoms. The van der Waals surface area contributed by atoms with E-state index in [0.717, 1.165) is 27.7 Å². The predicted molar refractivity (Wildman–Crippen MR) is 124 cm³/mol. The molecule has 0 spiro atoms. The van der Waals surface area contributed by atoms with Crippen molar-refractivity contribution in [1.82, 2.24) is 0 Å². The lowest BCUT2D eigenvalue weighted by molar-refractivity contribution is -0.914. The van der Waals surface area contributed by atoms with Crippen molar-refractivity contribution in [3.05, 3.63) is 97.1 Å². The lowest BCUT2D eigenvalue weighted by atomic mass is 10.2. The average Bonchev–Trinajstić information content (AvgIpc) is 3.47. The van der Waals surface area contributed by atoms with E-state index >= 15 is 0 Å². The van der Waals surface area contributed by atoms with Gasteiger partial charge in [-0.15, -0.1) is 0 Å². The predicted octanol–water partition coefficient (Wildman–Crippen LogP) is 4.81. The lowest BCUT2D eigenvalue weighted by Gasteiger charge is -2.15. The van der Waals surface area contributed by atoms with Crippen molar-refractivity contribution >= 4 is 22.2 Å². The van der Waals surface area contributed by atoms with Crippen LogP contribution in [0.25, 0.3) is 45.1 Å². The molecule has 3 heterocycles. The first-order chi connectivity index (χ1) is 16.8. The molecule has 2 aromatic heterocycles. The standard InChI is InChI=1S/C27H19N3O4/c1-31-22-14-6-2-10-18(22)26-28(20-12-4-8-16-24(20)32-26)30-29-21-13-5-9-17-25(21)33-27(29)19-11-3-7-15-23(19)34-30/h2-17H,1H3/q+2. The van der Waals surface area contributed by atoms with Crippen molar-refractivity contribution in [2.45, 2.75) is 0 Å². The molecule has 1 aliphatic heterocycles. The van der Waals surface area contributed by atoms with Crippen molar-refractivity contribution < 1.29 is 27.8 Å². The first-order valence-corrected chi connectivity index (χ1v) is 10.9. The Morgan fingerprint density at radius 1 is 0.618 bits per heavy atom. The number of hydrogen-bond acceptors (Lipinski definition) is 5. The Balaban J connectivity index is 1.58. The molecule has 0 radical (unpaired) electrons. The number of rotatable bonds is 3. The Morgan fingerprint density at radius 2 is 1.15 bits per heavy atom. The smallest absolute Gasteiger partial charge is 0.423 e. The van der Waals surface area contributed by atoms with Crippen LogP contribution in [0.1, 0.15) is 0 Å². The van der Waals surface area contributed by atoms with Gasteiger partial charge < -0.3 is 13.6 Å². The van der Waals surface area contributed by atoms with Crippen LogP contribution >= 0.6 is 0 Å². The molecule has 164 valence electrons. The molecule has 0 amide bonds. The van der Waals surface area contributed by atoms with Gasteiger partial charge >= 0.3 is 11.8 Å². The molecule has 0 unspecified atom stereocenters. The minimum absolute atomic E-state index is 0.557. The van der Waals surface area contributed by atoms with Gasteiger partial charge in [0.15, 0.2) is 5.75 Å². The van der Waals surface area contributed by atoms with Crippen molar-refractivity contribution in [3.8, 4) is 34.4 Å². The third-order valence-electron chi connectivity index (χ3n) is 5.96. The van der Waals surface area contributed by atoms with Crippen LogP contribution in [0.5, 0.6) is 11.5 Å². The molecule has 0 N–H and O–H groups in total. The number of methoxy groups -OCH3 is 1. The van der Waals surface area contributed by atoms with E-state index < -0.39 is 0 Å². The summed E-state index contributed by atoms with van der Waals surface area (Å²) in [6, 6.07) is 31.3. The normalized spacial score (nSPS) is 12.4. The highest BCUT2D eigenvalue weighted by molar-refractivity contribution is 5.75. The summed E-state index contributed by atoms with van der Waals surface area (Å²) in [5, 5.41) is 1.68. The maximum absolute atomic E-state index is 6.51. The third-order valence-corrected chi connectivity index (χ3v) is 5.96. The molecule has 0 atom stereocenters. The van der Waals surface area contributed by atoms with E-state index in [1.165, 1.54) is 0 Å². The first-order valence-electron chi connectivity index (χ1n) is 10.9. The van der Waals surface area contributed by atoms with Crippen LogP contribution < -0.4 is 24.2 Å². The summed E-state index contributed by atoms with van der Waals surface area (Å²) in [5.74, 6) is 2.58. The fourth-order valence-corrected chi connectivity index (χ4v) is 4.43. The molecular formula is C27H19N3O4+2. The SMILES string of the molecule is COc1ccccc1-c1oc2ccccc2[n+]1N1Oc2ccccc2-c2oc3ccccc3[n+]21. The Labute approximate surface area is 194 Å². The molecule has 0 saturated carbocycles. The quantitative estimate of drug-likeness (QED) is 0.363. The molecule has 1 aliphatic rings. The summed E-state index contributed by atoms with van der Waals surface area (Å²) in [6.07, 6.45) is 0. The zero-order valence-electron chi connectivity index (χ0n) is 18.2. The van der Waals surface area contributed by atoms with Gasteiger partial charge in [-0.25, -0.2) is 0 Å². The first kappa shape index (κ1) is 18.8. The van der Waals surface area contributed by atoms with Gasteiger partial charge in [0.25, 0.3) is 16.3 Å². The monoisotopic (exact) mass is 449 g/mol. The van der Waals surface area contributed by atoms with Crippen LogP contribution in [0.15, 0.2) is 106 Å². The highest BCUT2D eigenvalue weighted by Gasteiger charge is 2.48. The van der Waals surface area contributed by atoms with Gasteiger partial charge in [0.1, 0.15) is 16.9 Å². The number of para-hydroxylation sites is 6. The third kappa shape index (κ3) is 2.58. The molecule has 7 nitrogen and oxygen atoms in total. The minimum atomic E-state index is 0.557. The van der Waals surface area contributed by atoms with Gasteiger partial charge in [-0.1, -0.05) is 48.5 Å². The summed E-state index contributed by atoms with van der Waals surface area (Å²) in [4.78, 5) is 6.51. The summed E-state index contributed by atoms with van der Waals surface area (Å²) >= 11 is 0. The van der Waals surface area contributed by atoms with Crippen molar-refractivity contribution in [1.29, 1.82) is 0 Å². The van der Waals surface area contributed by atoms with Crippen molar-refractivity contribution in [2.75, 3.05) is 12.4 Å².